The second-order valence-corrected chi connectivity index (χ2v) is 30.0. The molecular formula is C60H57Cl3F6N12O8S4. The van der Waals surface area contributed by atoms with Crippen LogP contribution in [0.1, 0.15) is 109 Å². The summed E-state index contributed by atoms with van der Waals surface area (Å²) in [5, 5.41) is 9.81. The molecule has 8 aromatic rings. The van der Waals surface area contributed by atoms with Crippen molar-refractivity contribution in [1.82, 2.24) is 54.5 Å². The van der Waals surface area contributed by atoms with Gasteiger partial charge in [-0.05, 0) is 134 Å². The van der Waals surface area contributed by atoms with Crippen LogP contribution < -0.4 is 30.3 Å². The van der Waals surface area contributed by atoms with Gasteiger partial charge in [-0.1, -0.05) is 106 Å². The van der Waals surface area contributed by atoms with Gasteiger partial charge in [0.2, 0.25) is 31.9 Å². The van der Waals surface area contributed by atoms with Crippen LogP contribution in [0.15, 0.2) is 107 Å². The molecule has 0 unspecified atom stereocenters. The molecule has 6 fully saturated rings. The molecular weight excluding hydrogens is 1370 g/mol. The van der Waals surface area contributed by atoms with Gasteiger partial charge in [0, 0.05) is 64.2 Å². The van der Waals surface area contributed by atoms with Crippen LogP contribution >= 0.6 is 57.5 Å². The average molecular weight is 1420 g/mol. The van der Waals surface area contributed by atoms with Crippen molar-refractivity contribution in [2.75, 3.05) is 44.2 Å². The summed E-state index contributed by atoms with van der Waals surface area (Å²) in [5.74, 6) is 1.40. The van der Waals surface area contributed by atoms with Gasteiger partial charge in [0.1, 0.15) is 44.6 Å². The second kappa shape index (κ2) is 27.2. The number of piperazine rings is 2. The number of sulfonamides is 2. The monoisotopic (exact) mass is 1420 g/mol. The molecule has 6 aliphatic rings. The molecule has 33 heteroatoms. The minimum absolute atomic E-state index is 0.00390. The van der Waals surface area contributed by atoms with Crippen molar-refractivity contribution in [3.05, 3.63) is 146 Å². The van der Waals surface area contributed by atoms with Gasteiger partial charge >= 0.3 is 12.7 Å². The lowest BCUT2D eigenvalue weighted by Gasteiger charge is -2.39. The van der Waals surface area contributed by atoms with E-state index in [2.05, 4.69) is 55.3 Å². The lowest BCUT2D eigenvalue weighted by atomic mass is 10.1. The Labute approximate surface area is 552 Å². The van der Waals surface area contributed by atoms with E-state index in [1.54, 1.807) is 24.3 Å². The number of carbonyl (C=O) groups is 2. The Morgan fingerprint density at radius 3 is 1.42 bits per heavy atom. The number of carbonyl (C=O) groups excluding carboxylic acids is 2. The number of halogens is 9. The summed E-state index contributed by atoms with van der Waals surface area (Å²) < 4.78 is 141. The van der Waals surface area contributed by atoms with Gasteiger partial charge in [-0.15, -0.1) is 26.3 Å². The summed E-state index contributed by atoms with van der Waals surface area (Å²) in [6, 6.07) is 21.8. The minimum Gasteiger partial charge on any atom is -0.406 e. The highest BCUT2D eigenvalue weighted by Crippen LogP contribution is 2.44. The van der Waals surface area contributed by atoms with E-state index in [1.807, 2.05) is 29.2 Å². The summed E-state index contributed by atoms with van der Waals surface area (Å²) in [5.41, 5.74) is 4.36. The first-order valence-electron chi connectivity index (χ1n) is 29.6. The van der Waals surface area contributed by atoms with Crippen molar-refractivity contribution < 1.29 is 62.2 Å². The van der Waals surface area contributed by atoms with Crippen molar-refractivity contribution in [3.63, 3.8) is 0 Å². The quantitative estimate of drug-likeness (QED) is 0.0567. The Morgan fingerprint density at radius 2 is 0.968 bits per heavy atom. The third-order valence-electron chi connectivity index (χ3n) is 16.0. The molecule has 6 heterocycles. The molecule has 4 saturated carbocycles. The zero-order valence-corrected chi connectivity index (χ0v) is 54.4. The number of thiazole rings is 2. The molecule has 0 bridgehead atoms. The largest absolute Gasteiger partial charge is 0.573 e. The molecule has 0 radical (unpaired) electrons. The van der Waals surface area contributed by atoms with Gasteiger partial charge in [0.25, 0.3) is 0 Å². The fourth-order valence-corrected chi connectivity index (χ4v) is 16.1. The highest BCUT2D eigenvalue weighted by Gasteiger charge is 2.43. The number of fused-ring (bicyclic) bond motifs is 2. The first-order valence-corrected chi connectivity index (χ1v) is 35.2. The summed E-state index contributed by atoms with van der Waals surface area (Å²) in [6.07, 6.45) is -0.902. The number of anilines is 1. The molecule has 14 rings (SSSR count). The Balaban J connectivity index is 0.000000153. The van der Waals surface area contributed by atoms with Crippen LogP contribution in [0.25, 0.3) is 20.7 Å². The fraction of sp³-hybridized carbons (Fsp3) is 0.400. The van der Waals surface area contributed by atoms with E-state index in [4.69, 9.17) is 34.8 Å². The third-order valence-corrected chi connectivity index (χ3v) is 22.9. The number of aromatic nitrogens is 6. The van der Waals surface area contributed by atoms with Crippen molar-refractivity contribution in [1.29, 1.82) is 0 Å². The predicted octanol–water partition coefficient (Wildman–Crippen LogP) is 11.6. The van der Waals surface area contributed by atoms with E-state index in [-0.39, 0.29) is 73.0 Å². The second-order valence-electron chi connectivity index (χ2n) is 23.0. The Kier molecular flexibility index (Phi) is 19.5. The predicted molar refractivity (Wildman–Crippen MR) is 337 cm³/mol. The van der Waals surface area contributed by atoms with Crippen LogP contribution in [0, 0.1) is 0 Å². The number of benzene rings is 4. The maximum atomic E-state index is 13.9. The maximum absolute atomic E-state index is 13.9. The van der Waals surface area contributed by atoms with Crippen molar-refractivity contribution >= 4 is 115 Å². The summed E-state index contributed by atoms with van der Waals surface area (Å²) in [6.45, 7) is 1.00. The van der Waals surface area contributed by atoms with Gasteiger partial charge < -0.3 is 30.3 Å². The van der Waals surface area contributed by atoms with E-state index >= 15 is 0 Å². The third kappa shape index (κ3) is 16.6. The van der Waals surface area contributed by atoms with Crippen LogP contribution in [-0.2, 0) is 42.7 Å². The summed E-state index contributed by atoms with van der Waals surface area (Å²) in [7, 11) is -7.94. The van der Waals surface area contributed by atoms with Crippen LogP contribution in [0.4, 0.5) is 31.5 Å². The Morgan fingerprint density at radius 1 is 0.538 bits per heavy atom. The van der Waals surface area contributed by atoms with Gasteiger partial charge in [0.15, 0.2) is 31.2 Å². The van der Waals surface area contributed by atoms with Gasteiger partial charge in [-0.25, -0.2) is 41.8 Å². The van der Waals surface area contributed by atoms with E-state index in [9.17, 15) is 52.8 Å². The molecule has 3 N–H and O–H groups in total. The molecule has 4 aliphatic carbocycles. The number of hydrogen-bond donors (Lipinski definition) is 3. The van der Waals surface area contributed by atoms with Crippen LogP contribution in [0.5, 0.6) is 11.5 Å². The normalized spacial score (nSPS) is 19.1. The zero-order valence-electron chi connectivity index (χ0n) is 48.8. The first kappa shape index (κ1) is 66.4. The highest BCUT2D eigenvalue weighted by molar-refractivity contribution is 7.89. The number of hydrogen-bond acceptors (Lipinski definition) is 18. The number of alkyl halides is 6. The molecule has 4 aromatic carbocycles. The Hall–Kier alpha value is -6.61. The smallest absolute Gasteiger partial charge is 0.406 e. The highest BCUT2D eigenvalue weighted by atomic mass is 35.5. The number of nitrogens with one attached hydrogen (secondary N) is 3. The molecule has 2 amide bonds. The van der Waals surface area contributed by atoms with Gasteiger partial charge in [-0.2, -0.15) is 13.6 Å². The Bertz CT molecular complexity index is 4280. The number of nitrogens with zero attached hydrogens (tertiary/aromatic N) is 9. The number of ether oxygens (including phenoxy) is 2. The standard InChI is InChI=1S/C30H28ClF3N6O4S2.C22H24F3N3O4S.C8H5Cl2N3S/c31-25-24-27(37-26(36-25)20-5-6-20)38-29(45-24)39-13-14-40(46(42,43)22-11-7-19(8-12-22)18-3-4-18)23(16-39)28(41)35-15-17-1-9-21(10-2-17)44-30(32,33)34;23-22(24,25)32-18-7-1-15(2-8-18)13-27-21(29)20-14-26-11-12-28(20)33(30,31)19-9-5-17(6-10-19)16-3-4-16;9-5-4-7(13-8(10)14-4)12-6(11-5)3-1-2-3/h1-2,7-12,18,20,23H,3-6,13-16H2,(H,35,41);1-2,5-10,16,20,26H,3-4,11-14H2,(H,27,29);3H,1-2H2/t23-;20-;/m11./s1. The minimum atomic E-state index is -4.82. The van der Waals surface area contributed by atoms with E-state index in [1.165, 1.54) is 55.5 Å². The van der Waals surface area contributed by atoms with Gasteiger partial charge in [-0.3, -0.25) is 9.59 Å². The van der Waals surface area contributed by atoms with Gasteiger partial charge in [0.05, 0.1) is 9.79 Å². The molecule has 0 spiro atoms. The molecule has 4 aromatic heterocycles. The zero-order chi connectivity index (χ0) is 65.6. The maximum Gasteiger partial charge on any atom is 0.573 e. The molecule has 2 saturated heterocycles. The molecule has 2 atom stereocenters. The lowest BCUT2D eigenvalue weighted by molar-refractivity contribution is -0.275. The van der Waals surface area contributed by atoms with E-state index < -0.39 is 56.7 Å². The topological polar surface area (TPSA) is 244 Å². The van der Waals surface area contributed by atoms with Crippen molar-refractivity contribution in [2.24, 2.45) is 0 Å². The molecule has 2 aliphatic heterocycles. The molecule has 20 nitrogen and oxygen atoms in total. The first-order chi connectivity index (χ1) is 44.3. The van der Waals surface area contributed by atoms with Crippen LogP contribution in [0.3, 0.4) is 0 Å². The van der Waals surface area contributed by atoms with E-state index in [0.717, 1.165) is 97.3 Å². The molecule has 93 heavy (non-hydrogen) atoms. The fourth-order valence-electron chi connectivity index (χ4n) is 10.6. The van der Waals surface area contributed by atoms with Crippen LogP contribution in [0.2, 0.25) is 14.8 Å². The number of rotatable bonds is 17. The molecule has 492 valence electrons. The summed E-state index contributed by atoms with van der Waals surface area (Å²) in [4.78, 5) is 55.0. The summed E-state index contributed by atoms with van der Waals surface area (Å²) >= 11 is 20.9. The lowest BCUT2D eigenvalue weighted by Crippen LogP contribution is -2.60. The number of amides is 2. The SMILES string of the molecule is Clc1nc2nc(C3CC3)nc(Cl)c2s1.O=C(NCc1ccc(OC(F)(F)F)cc1)[C@H]1CN(c2nc3nc(C4CC4)nc(Cl)c3s2)CCN1S(=O)(=O)c1ccc(C2CC2)cc1.O=C(NCc1ccc(OC(F)(F)F)cc1)[C@H]1CNCCN1S(=O)(=O)c1ccc(C2CC2)cc1. The van der Waals surface area contributed by atoms with Crippen molar-refractivity contribution in [2.45, 2.75) is 123 Å². The van der Waals surface area contributed by atoms with Crippen molar-refractivity contribution in [3.8, 4) is 11.5 Å². The average Bonchev–Trinajstić information content (AvgIpc) is 1.76. The van der Waals surface area contributed by atoms with E-state index in [0.29, 0.717) is 77.1 Å². The van der Waals surface area contributed by atoms with Crippen LogP contribution in [-0.4, -0.2) is 131 Å².